The minimum Gasteiger partial charge on any atom is -0.355 e. The highest BCUT2D eigenvalue weighted by Crippen LogP contribution is 2.18. The lowest BCUT2D eigenvalue weighted by molar-refractivity contribution is -0.131. The molecule has 0 aliphatic heterocycles. The number of ketones is 2. The Morgan fingerprint density at radius 2 is 1.47 bits per heavy atom. The van der Waals surface area contributed by atoms with Crippen molar-refractivity contribution in [3.63, 3.8) is 0 Å². The minimum atomic E-state index is -0.481. The first-order chi connectivity index (χ1) is 8.06. The van der Waals surface area contributed by atoms with Gasteiger partial charge in [-0.05, 0) is 37.6 Å². The summed E-state index contributed by atoms with van der Waals surface area (Å²) in [5.41, 5.74) is 3.53. The number of hydrogen-bond donors (Lipinski definition) is 1. The molecule has 0 amide bonds. The number of anilines is 1. The largest absolute Gasteiger partial charge is 0.355 e. The first kappa shape index (κ1) is 11.3. The number of hydrogen-bond acceptors (Lipinski definition) is 3. The molecule has 0 fully saturated rings. The van der Waals surface area contributed by atoms with E-state index in [1.807, 2.05) is 31.2 Å². The van der Waals surface area contributed by atoms with E-state index >= 15 is 0 Å². The van der Waals surface area contributed by atoms with Gasteiger partial charge in [0.25, 0.3) is 0 Å². The highest BCUT2D eigenvalue weighted by molar-refractivity contribution is 6.46. The Balaban J connectivity index is 2.22. The zero-order chi connectivity index (χ0) is 12.4. The molecule has 1 aromatic rings. The van der Waals surface area contributed by atoms with Crippen molar-refractivity contribution >= 4 is 17.3 Å². The fourth-order valence-electron chi connectivity index (χ4n) is 1.59. The smallest absolute Gasteiger partial charge is 0.227 e. The first-order valence-corrected chi connectivity index (χ1v) is 5.38. The molecule has 0 spiro atoms. The van der Waals surface area contributed by atoms with E-state index in [4.69, 9.17) is 0 Å². The number of nitrogens with one attached hydrogen (secondary N) is 1. The van der Waals surface area contributed by atoms with Crippen LogP contribution in [0.2, 0.25) is 0 Å². The lowest BCUT2D eigenvalue weighted by Gasteiger charge is -2.14. The van der Waals surface area contributed by atoms with Gasteiger partial charge >= 0.3 is 0 Å². The Morgan fingerprint density at radius 1 is 0.882 bits per heavy atom. The lowest BCUT2D eigenvalue weighted by Crippen LogP contribution is -2.17. The van der Waals surface area contributed by atoms with Crippen LogP contribution in [0.15, 0.2) is 47.7 Å². The van der Waals surface area contributed by atoms with Crippen LogP contribution >= 0.6 is 0 Å². The van der Waals surface area contributed by atoms with Crippen molar-refractivity contribution in [3.8, 4) is 0 Å². The summed E-state index contributed by atoms with van der Waals surface area (Å²) in [5.74, 6) is -0.942. The maximum atomic E-state index is 11.3. The average Bonchev–Trinajstić information content (AvgIpc) is 2.29. The molecule has 1 aliphatic rings. The molecule has 0 atom stereocenters. The second kappa shape index (κ2) is 4.37. The fourth-order valence-corrected chi connectivity index (χ4v) is 1.59. The van der Waals surface area contributed by atoms with Crippen LogP contribution in [0.4, 0.5) is 5.69 Å². The maximum Gasteiger partial charge on any atom is 0.227 e. The van der Waals surface area contributed by atoms with Crippen molar-refractivity contribution < 1.29 is 9.59 Å². The van der Waals surface area contributed by atoms with Crippen molar-refractivity contribution in [2.45, 2.75) is 13.8 Å². The van der Waals surface area contributed by atoms with Crippen LogP contribution in [0, 0.1) is 6.92 Å². The molecule has 0 bridgehead atoms. The second-order valence-corrected chi connectivity index (χ2v) is 4.10. The third kappa shape index (κ3) is 2.50. The highest BCUT2D eigenvalue weighted by Gasteiger charge is 2.17. The van der Waals surface area contributed by atoms with Gasteiger partial charge in [-0.25, -0.2) is 0 Å². The molecule has 1 N–H and O–H groups in total. The molecule has 17 heavy (non-hydrogen) atoms. The number of carbonyl (C=O) groups excluding carboxylic acids is 2. The fraction of sp³-hybridized carbons (Fsp3) is 0.143. The van der Waals surface area contributed by atoms with Crippen LogP contribution < -0.4 is 5.32 Å². The first-order valence-electron chi connectivity index (χ1n) is 5.38. The van der Waals surface area contributed by atoms with Crippen molar-refractivity contribution in [2.24, 2.45) is 0 Å². The van der Waals surface area contributed by atoms with Crippen molar-refractivity contribution in [3.05, 3.63) is 53.3 Å². The molecule has 0 saturated carbocycles. The minimum absolute atomic E-state index is 0.461. The van der Waals surface area contributed by atoms with Gasteiger partial charge < -0.3 is 5.32 Å². The van der Waals surface area contributed by atoms with Gasteiger partial charge in [0.15, 0.2) is 0 Å². The van der Waals surface area contributed by atoms with Gasteiger partial charge in [0.05, 0.1) is 0 Å². The Kier molecular flexibility index (Phi) is 2.91. The summed E-state index contributed by atoms with van der Waals surface area (Å²) in [6.07, 6.45) is 2.70. The Labute approximate surface area is 99.8 Å². The van der Waals surface area contributed by atoms with E-state index in [2.05, 4.69) is 5.32 Å². The molecule has 0 saturated heterocycles. The van der Waals surface area contributed by atoms with Crippen LogP contribution in [0.1, 0.15) is 12.5 Å². The summed E-state index contributed by atoms with van der Waals surface area (Å²) < 4.78 is 0. The number of benzene rings is 1. The number of carbonyl (C=O) groups is 2. The van der Waals surface area contributed by atoms with Gasteiger partial charge in [0, 0.05) is 17.5 Å². The van der Waals surface area contributed by atoms with E-state index in [0.717, 1.165) is 11.3 Å². The van der Waals surface area contributed by atoms with E-state index in [1.54, 1.807) is 6.92 Å². The number of rotatable bonds is 2. The zero-order valence-electron chi connectivity index (χ0n) is 9.78. The van der Waals surface area contributed by atoms with Crippen LogP contribution in [-0.2, 0) is 9.59 Å². The predicted octanol–water partition coefficient (Wildman–Crippen LogP) is 2.39. The van der Waals surface area contributed by atoms with Crippen molar-refractivity contribution in [1.82, 2.24) is 0 Å². The Bertz CT molecular complexity index is 536. The summed E-state index contributed by atoms with van der Waals surface area (Å²) in [7, 11) is 0. The molecule has 86 valence electrons. The highest BCUT2D eigenvalue weighted by atomic mass is 16.2. The summed E-state index contributed by atoms with van der Waals surface area (Å²) in [5, 5.41) is 3.13. The standard InChI is InChI=1S/C14H13NO2/c1-9-3-5-11(6-4-9)15-12-8-14(17)13(16)7-10(12)2/h3-8,15H,1-2H3. The van der Waals surface area contributed by atoms with Gasteiger partial charge in [-0.15, -0.1) is 0 Å². The summed E-state index contributed by atoms with van der Waals surface area (Å²) in [6.45, 7) is 3.81. The normalized spacial score (nSPS) is 15.4. The molecule has 3 heteroatoms. The molecular weight excluding hydrogens is 214 g/mol. The molecular formula is C14H13NO2. The van der Waals surface area contributed by atoms with E-state index in [9.17, 15) is 9.59 Å². The molecule has 1 aliphatic carbocycles. The molecule has 3 nitrogen and oxygen atoms in total. The van der Waals surface area contributed by atoms with Crippen molar-refractivity contribution in [2.75, 3.05) is 5.32 Å². The quantitative estimate of drug-likeness (QED) is 0.623. The van der Waals surface area contributed by atoms with Crippen LogP contribution in [0.3, 0.4) is 0 Å². The molecule has 2 rings (SSSR count). The van der Waals surface area contributed by atoms with Crippen LogP contribution in [-0.4, -0.2) is 11.6 Å². The second-order valence-electron chi connectivity index (χ2n) is 4.10. The van der Waals surface area contributed by atoms with Crippen LogP contribution in [0.25, 0.3) is 0 Å². The van der Waals surface area contributed by atoms with Crippen molar-refractivity contribution in [1.29, 1.82) is 0 Å². The average molecular weight is 227 g/mol. The molecule has 0 heterocycles. The number of allylic oxidation sites excluding steroid dienone is 3. The Morgan fingerprint density at radius 3 is 2.12 bits per heavy atom. The van der Waals surface area contributed by atoms with E-state index in [1.165, 1.54) is 17.7 Å². The third-order valence-corrected chi connectivity index (χ3v) is 2.62. The molecule has 0 aromatic heterocycles. The summed E-state index contributed by atoms with van der Waals surface area (Å²) >= 11 is 0. The topological polar surface area (TPSA) is 46.2 Å². The number of aryl methyl sites for hydroxylation is 1. The van der Waals surface area contributed by atoms with E-state index in [-0.39, 0.29) is 0 Å². The van der Waals surface area contributed by atoms with Crippen LogP contribution in [0.5, 0.6) is 0 Å². The van der Waals surface area contributed by atoms with Gasteiger partial charge in [-0.1, -0.05) is 17.7 Å². The van der Waals surface area contributed by atoms with E-state index in [0.29, 0.717) is 5.70 Å². The monoisotopic (exact) mass is 227 g/mol. The molecule has 0 radical (unpaired) electrons. The van der Waals surface area contributed by atoms with Gasteiger partial charge in [0.1, 0.15) is 0 Å². The molecule has 1 aromatic carbocycles. The van der Waals surface area contributed by atoms with Gasteiger partial charge in [0.2, 0.25) is 11.6 Å². The van der Waals surface area contributed by atoms with E-state index < -0.39 is 11.6 Å². The third-order valence-electron chi connectivity index (χ3n) is 2.62. The lowest BCUT2D eigenvalue weighted by atomic mass is 10.0. The zero-order valence-corrected chi connectivity index (χ0v) is 9.78. The van der Waals surface area contributed by atoms with Gasteiger partial charge in [-0.3, -0.25) is 9.59 Å². The van der Waals surface area contributed by atoms with Gasteiger partial charge in [-0.2, -0.15) is 0 Å². The predicted molar refractivity (Wildman–Crippen MR) is 66.7 cm³/mol. The SMILES string of the molecule is CC1=CC(=O)C(=O)C=C1Nc1ccc(C)cc1. The maximum absolute atomic E-state index is 11.3. The Hall–Kier alpha value is -2.16. The molecule has 0 unspecified atom stereocenters. The summed E-state index contributed by atoms with van der Waals surface area (Å²) in [4.78, 5) is 22.4. The summed E-state index contributed by atoms with van der Waals surface area (Å²) in [6, 6.07) is 7.84.